The van der Waals surface area contributed by atoms with Crippen molar-refractivity contribution in [2.45, 2.75) is 0 Å². The van der Waals surface area contributed by atoms with Crippen LogP contribution in [0.2, 0.25) is 20.1 Å². The molecule has 0 aromatic heterocycles. The summed E-state index contributed by atoms with van der Waals surface area (Å²) in [5.41, 5.74) is 1.91. The molecule has 8 heteroatoms. The normalized spacial score (nSPS) is 17.5. The molecule has 0 saturated heterocycles. The first-order valence-corrected chi connectivity index (χ1v) is 6.81. The molecular formula is C12H8Cl4N2O2. The Hall–Kier alpha value is -0.940. The molecule has 1 aliphatic carbocycles. The Labute approximate surface area is 135 Å². The number of benzene rings is 1. The lowest BCUT2D eigenvalue weighted by Crippen LogP contribution is -2.16. The summed E-state index contributed by atoms with van der Waals surface area (Å²) in [5.74, 6) is 0. The van der Waals surface area contributed by atoms with Crippen molar-refractivity contribution in [2.75, 3.05) is 14.2 Å². The number of oxime groups is 2. The van der Waals surface area contributed by atoms with Crippen LogP contribution in [0.5, 0.6) is 0 Å². The van der Waals surface area contributed by atoms with Gasteiger partial charge in [-0.3, -0.25) is 0 Å². The summed E-state index contributed by atoms with van der Waals surface area (Å²) in [5, 5.41) is 8.50. The number of hydrogen-bond donors (Lipinski definition) is 0. The summed E-state index contributed by atoms with van der Waals surface area (Å²) >= 11 is 24.6. The van der Waals surface area contributed by atoms with Gasteiger partial charge in [-0.15, -0.1) is 0 Å². The second-order valence-electron chi connectivity index (χ2n) is 3.66. The first-order valence-electron chi connectivity index (χ1n) is 5.30. The Bertz CT molecular complexity index is 599. The molecule has 0 spiro atoms. The van der Waals surface area contributed by atoms with Crippen LogP contribution in [0, 0.1) is 0 Å². The molecular weight excluding hydrogens is 346 g/mol. The second kappa shape index (κ2) is 6.22. The van der Waals surface area contributed by atoms with E-state index in [0.717, 1.165) is 0 Å². The average Bonchev–Trinajstić information content (AvgIpc) is 2.44. The SMILES string of the molecule is CON=C1C=CC(=NOC)c2c(Cl)c(Cl)c(Cl)c(Cl)c21. The Kier molecular flexibility index (Phi) is 4.81. The van der Waals surface area contributed by atoms with Crippen LogP contribution in [0.4, 0.5) is 0 Å². The third kappa shape index (κ3) is 2.49. The van der Waals surface area contributed by atoms with Gasteiger partial charge in [0.15, 0.2) is 0 Å². The van der Waals surface area contributed by atoms with Gasteiger partial charge in [-0.2, -0.15) is 0 Å². The van der Waals surface area contributed by atoms with Gasteiger partial charge < -0.3 is 9.68 Å². The number of allylic oxidation sites excluding steroid dienone is 2. The third-order valence-corrected chi connectivity index (χ3v) is 4.36. The minimum absolute atomic E-state index is 0.146. The van der Waals surface area contributed by atoms with Crippen LogP contribution in [0.15, 0.2) is 22.5 Å². The topological polar surface area (TPSA) is 43.2 Å². The quantitative estimate of drug-likeness (QED) is 0.444. The van der Waals surface area contributed by atoms with E-state index in [-0.39, 0.29) is 20.1 Å². The van der Waals surface area contributed by atoms with Gasteiger partial charge in [-0.05, 0) is 12.2 Å². The highest BCUT2D eigenvalue weighted by Crippen LogP contribution is 2.43. The molecule has 0 bridgehead atoms. The molecule has 4 nitrogen and oxygen atoms in total. The number of halogens is 4. The summed E-state index contributed by atoms with van der Waals surface area (Å²) in [6.45, 7) is 0. The van der Waals surface area contributed by atoms with Crippen molar-refractivity contribution >= 4 is 57.8 Å². The zero-order valence-corrected chi connectivity index (χ0v) is 13.4. The molecule has 0 atom stereocenters. The van der Waals surface area contributed by atoms with Crippen LogP contribution in [0.3, 0.4) is 0 Å². The molecule has 0 fully saturated rings. The Morgan fingerprint density at radius 2 is 1.05 bits per heavy atom. The van der Waals surface area contributed by atoms with E-state index >= 15 is 0 Å². The molecule has 0 N–H and O–H groups in total. The van der Waals surface area contributed by atoms with Gasteiger partial charge in [0, 0.05) is 11.1 Å². The maximum absolute atomic E-state index is 6.24. The van der Waals surface area contributed by atoms with E-state index in [4.69, 9.17) is 56.1 Å². The number of nitrogens with zero attached hydrogens (tertiary/aromatic N) is 2. The van der Waals surface area contributed by atoms with Crippen LogP contribution in [0.25, 0.3) is 0 Å². The summed E-state index contributed by atoms with van der Waals surface area (Å²) in [6.07, 6.45) is 3.33. The molecule has 106 valence electrons. The van der Waals surface area contributed by atoms with Crippen molar-refractivity contribution in [2.24, 2.45) is 10.3 Å². The van der Waals surface area contributed by atoms with E-state index in [1.807, 2.05) is 0 Å². The zero-order valence-electron chi connectivity index (χ0n) is 10.4. The van der Waals surface area contributed by atoms with E-state index in [1.165, 1.54) is 14.2 Å². The standard InChI is InChI=1S/C12H8Cl4N2O2/c1-19-17-5-3-4-6(18-20-2)8-7(5)9(13)11(15)12(16)10(8)14/h3-4H,1-2H3. The lowest BCUT2D eigenvalue weighted by Gasteiger charge is -2.19. The van der Waals surface area contributed by atoms with Crippen molar-refractivity contribution < 1.29 is 9.68 Å². The second-order valence-corrected chi connectivity index (χ2v) is 5.17. The van der Waals surface area contributed by atoms with E-state index in [0.29, 0.717) is 22.6 Å². The van der Waals surface area contributed by atoms with Crippen LogP contribution >= 0.6 is 46.4 Å². The Balaban J connectivity index is 2.87. The minimum atomic E-state index is 0.146. The molecule has 0 amide bonds. The van der Waals surface area contributed by atoms with Gasteiger partial charge in [0.25, 0.3) is 0 Å². The Morgan fingerprint density at radius 1 is 0.700 bits per heavy atom. The molecule has 1 aliphatic rings. The maximum atomic E-state index is 6.24. The van der Waals surface area contributed by atoms with E-state index < -0.39 is 0 Å². The van der Waals surface area contributed by atoms with Crippen molar-refractivity contribution in [3.8, 4) is 0 Å². The minimum Gasteiger partial charge on any atom is -0.399 e. The van der Waals surface area contributed by atoms with Gasteiger partial charge in [0.05, 0.1) is 20.1 Å². The summed E-state index contributed by atoms with van der Waals surface area (Å²) in [4.78, 5) is 9.57. The van der Waals surface area contributed by atoms with Gasteiger partial charge in [-0.25, -0.2) is 0 Å². The Morgan fingerprint density at radius 3 is 1.35 bits per heavy atom. The van der Waals surface area contributed by atoms with E-state index in [9.17, 15) is 0 Å². The monoisotopic (exact) mass is 352 g/mol. The summed E-state index contributed by atoms with van der Waals surface area (Å²) in [6, 6.07) is 0. The fourth-order valence-electron chi connectivity index (χ4n) is 1.79. The van der Waals surface area contributed by atoms with Crippen LogP contribution in [-0.2, 0) is 9.68 Å². The molecule has 0 saturated carbocycles. The summed E-state index contributed by atoms with van der Waals surface area (Å²) < 4.78 is 0. The first-order chi connectivity index (χ1) is 9.52. The highest BCUT2D eigenvalue weighted by molar-refractivity contribution is 6.55. The summed E-state index contributed by atoms with van der Waals surface area (Å²) in [7, 11) is 2.85. The van der Waals surface area contributed by atoms with Gasteiger partial charge in [-0.1, -0.05) is 56.7 Å². The van der Waals surface area contributed by atoms with Crippen LogP contribution in [0.1, 0.15) is 11.1 Å². The van der Waals surface area contributed by atoms with Gasteiger partial charge in [0.2, 0.25) is 0 Å². The molecule has 1 aromatic carbocycles. The molecule has 2 rings (SSSR count). The largest absolute Gasteiger partial charge is 0.399 e. The van der Waals surface area contributed by atoms with Gasteiger partial charge >= 0.3 is 0 Å². The molecule has 0 unspecified atom stereocenters. The lowest BCUT2D eigenvalue weighted by molar-refractivity contribution is 0.213. The lowest BCUT2D eigenvalue weighted by atomic mass is 9.93. The highest BCUT2D eigenvalue weighted by atomic mass is 35.5. The van der Waals surface area contributed by atoms with Crippen LogP contribution in [-0.4, -0.2) is 25.6 Å². The predicted octanol–water partition coefficient (Wildman–Crippen LogP) is 4.57. The molecule has 1 aromatic rings. The number of fused-ring (bicyclic) bond motifs is 1. The fraction of sp³-hybridized carbons (Fsp3) is 0.167. The molecule has 0 aliphatic heterocycles. The van der Waals surface area contributed by atoms with Crippen molar-refractivity contribution in [1.82, 2.24) is 0 Å². The molecule has 0 radical (unpaired) electrons. The molecule has 0 heterocycles. The van der Waals surface area contributed by atoms with Crippen molar-refractivity contribution in [3.05, 3.63) is 43.4 Å². The van der Waals surface area contributed by atoms with Crippen LogP contribution < -0.4 is 0 Å². The van der Waals surface area contributed by atoms with Crippen molar-refractivity contribution in [1.29, 1.82) is 0 Å². The van der Waals surface area contributed by atoms with E-state index in [2.05, 4.69) is 10.3 Å². The smallest absolute Gasteiger partial charge is 0.112 e. The molecule has 20 heavy (non-hydrogen) atoms. The number of hydrogen-bond acceptors (Lipinski definition) is 4. The fourth-order valence-corrected chi connectivity index (χ4v) is 2.83. The first kappa shape index (κ1) is 15.4. The number of rotatable bonds is 2. The maximum Gasteiger partial charge on any atom is 0.112 e. The van der Waals surface area contributed by atoms with E-state index in [1.54, 1.807) is 12.2 Å². The van der Waals surface area contributed by atoms with Gasteiger partial charge in [0.1, 0.15) is 25.6 Å². The average molecular weight is 354 g/mol. The third-order valence-electron chi connectivity index (χ3n) is 2.56. The highest BCUT2D eigenvalue weighted by Gasteiger charge is 2.28. The zero-order chi connectivity index (χ0) is 14.9. The predicted molar refractivity (Wildman–Crippen MR) is 82.7 cm³/mol. The van der Waals surface area contributed by atoms with Crippen molar-refractivity contribution in [3.63, 3.8) is 0 Å².